The van der Waals surface area contributed by atoms with Gasteiger partial charge in [0.15, 0.2) is 0 Å². The average molecular weight is 341 g/mol. The van der Waals surface area contributed by atoms with Crippen molar-refractivity contribution in [2.45, 2.75) is 26.1 Å². The molecule has 126 valence electrons. The summed E-state index contributed by atoms with van der Waals surface area (Å²) < 4.78 is 48.0. The average Bonchev–Trinajstić information content (AvgIpc) is 3.14. The van der Waals surface area contributed by atoms with Crippen molar-refractivity contribution in [2.24, 2.45) is 0 Å². The monoisotopic (exact) mass is 341 g/mol. The van der Waals surface area contributed by atoms with Crippen LogP contribution in [0.5, 0.6) is 0 Å². The Morgan fingerprint density at radius 1 is 1.29 bits per heavy atom. The first-order chi connectivity index (χ1) is 11.3. The van der Waals surface area contributed by atoms with Gasteiger partial charge in [-0.15, -0.1) is 10.2 Å². The van der Waals surface area contributed by atoms with Crippen molar-refractivity contribution < 1.29 is 22.1 Å². The van der Waals surface area contributed by atoms with Crippen LogP contribution >= 0.6 is 0 Å². The van der Waals surface area contributed by atoms with Gasteiger partial charge in [0.1, 0.15) is 0 Å². The lowest BCUT2D eigenvalue weighted by atomic mass is 10.2. The second-order valence-corrected chi connectivity index (χ2v) is 4.83. The SMILES string of the molecule is Cc1nnc(CCn2ccc(-c3noc(C(F)(F)F)n3)cc2=O)o1. The summed E-state index contributed by atoms with van der Waals surface area (Å²) in [5.41, 5.74) is -0.300. The zero-order chi connectivity index (χ0) is 17.3. The normalized spacial score (nSPS) is 11.8. The molecule has 3 heterocycles. The van der Waals surface area contributed by atoms with E-state index in [0.717, 1.165) is 6.07 Å². The summed E-state index contributed by atoms with van der Waals surface area (Å²) in [6.45, 7) is 1.93. The summed E-state index contributed by atoms with van der Waals surface area (Å²) in [7, 11) is 0. The molecule has 24 heavy (non-hydrogen) atoms. The van der Waals surface area contributed by atoms with Crippen LogP contribution in [0.4, 0.5) is 13.2 Å². The fourth-order valence-electron chi connectivity index (χ4n) is 1.94. The van der Waals surface area contributed by atoms with E-state index < -0.39 is 17.6 Å². The molecule has 0 spiro atoms. The third-order valence-corrected chi connectivity index (χ3v) is 3.06. The van der Waals surface area contributed by atoms with E-state index in [-0.39, 0.29) is 17.9 Å². The molecule has 0 aliphatic carbocycles. The highest BCUT2D eigenvalue weighted by atomic mass is 19.4. The number of aromatic nitrogens is 5. The number of halogens is 3. The smallest absolute Gasteiger partial charge is 0.426 e. The van der Waals surface area contributed by atoms with Gasteiger partial charge in [0, 0.05) is 37.7 Å². The Labute approximate surface area is 131 Å². The van der Waals surface area contributed by atoms with Gasteiger partial charge in [-0.1, -0.05) is 5.16 Å². The van der Waals surface area contributed by atoms with E-state index in [2.05, 4.69) is 24.9 Å². The Balaban J connectivity index is 1.77. The highest BCUT2D eigenvalue weighted by Gasteiger charge is 2.38. The van der Waals surface area contributed by atoms with E-state index in [4.69, 9.17) is 4.42 Å². The molecule has 0 aliphatic rings. The van der Waals surface area contributed by atoms with E-state index in [1.165, 1.54) is 16.8 Å². The van der Waals surface area contributed by atoms with E-state index in [0.29, 0.717) is 18.2 Å². The minimum atomic E-state index is -4.73. The molecule has 0 aromatic carbocycles. The second kappa shape index (κ2) is 5.91. The summed E-state index contributed by atoms with van der Waals surface area (Å²) in [5, 5.41) is 10.7. The lowest BCUT2D eigenvalue weighted by Gasteiger charge is -2.03. The summed E-state index contributed by atoms with van der Waals surface area (Å²) in [6.07, 6.45) is -2.96. The first-order valence-corrected chi connectivity index (χ1v) is 6.73. The maximum atomic E-state index is 12.4. The standard InChI is InChI=1S/C13H10F3N5O3/c1-7-18-19-9(23-7)3-5-21-4-2-8(6-10(21)22)11-17-12(24-20-11)13(14,15)16/h2,4,6H,3,5H2,1H3. The molecule has 0 N–H and O–H groups in total. The quantitative estimate of drug-likeness (QED) is 0.714. The summed E-state index contributed by atoms with van der Waals surface area (Å²) >= 11 is 0. The first kappa shape index (κ1) is 15.9. The van der Waals surface area contributed by atoms with Crippen molar-refractivity contribution in [3.05, 3.63) is 46.4 Å². The van der Waals surface area contributed by atoms with Gasteiger partial charge in [0.05, 0.1) is 0 Å². The zero-order valence-corrected chi connectivity index (χ0v) is 12.2. The topological polar surface area (TPSA) is 99.8 Å². The van der Waals surface area contributed by atoms with Crippen LogP contribution < -0.4 is 5.56 Å². The van der Waals surface area contributed by atoms with Gasteiger partial charge in [0.25, 0.3) is 5.56 Å². The molecular formula is C13H10F3N5O3. The molecule has 0 bridgehead atoms. The zero-order valence-electron chi connectivity index (χ0n) is 12.2. The molecule has 0 fully saturated rings. The van der Waals surface area contributed by atoms with Crippen LogP contribution in [-0.2, 0) is 19.1 Å². The van der Waals surface area contributed by atoms with Crippen LogP contribution in [0.15, 0.2) is 32.1 Å². The largest absolute Gasteiger partial charge is 0.471 e. The van der Waals surface area contributed by atoms with Crippen LogP contribution in [0.2, 0.25) is 0 Å². The molecule has 0 aliphatic heterocycles. The van der Waals surface area contributed by atoms with E-state index in [1.807, 2.05) is 0 Å². The molecule has 0 radical (unpaired) electrons. The Bertz CT molecular complexity index is 912. The molecule has 0 amide bonds. The number of pyridine rings is 1. The van der Waals surface area contributed by atoms with Crippen LogP contribution in [0, 0.1) is 6.92 Å². The minimum Gasteiger partial charge on any atom is -0.426 e. The molecule has 0 saturated carbocycles. The van der Waals surface area contributed by atoms with Crippen LogP contribution in [0.1, 0.15) is 17.7 Å². The van der Waals surface area contributed by atoms with Gasteiger partial charge in [-0.25, -0.2) is 0 Å². The highest BCUT2D eigenvalue weighted by Crippen LogP contribution is 2.28. The predicted octanol–water partition coefficient (Wildman–Crippen LogP) is 1.85. The van der Waals surface area contributed by atoms with Crippen molar-refractivity contribution in [3.63, 3.8) is 0 Å². The Morgan fingerprint density at radius 2 is 2.08 bits per heavy atom. The summed E-state index contributed by atoms with van der Waals surface area (Å²) in [5.74, 6) is -0.964. The number of aryl methyl sites for hydroxylation is 3. The molecule has 8 nitrogen and oxygen atoms in total. The minimum absolute atomic E-state index is 0.129. The Hall–Kier alpha value is -2.98. The van der Waals surface area contributed by atoms with E-state index in [1.54, 1.807) is 6.92 Å². The van der Waals surface area contributed by atoms with Crippen LogP contribution in [0.25, 0.3) is 11.4 Å². The van der Waals surface area contributed by atoms with Crippen LogP contribution in [-0.4, -0.2) is 24.9 Å². The third-order valence-electron chi connectivity index (χ3n) is 3.06. The molecule has 0 unspecified atom stereocenters. The molecule has 3 rings (SSSR count). The number of nitrogens with zero attached hydrogens (tertiary/aromatic N) is 5. The van der Waals surface area contributed by atoms with Crippen molar-refractivity contribution in [3.8, 4) is 11.4 Å². The maximum Gasteiger partial charge on any atom is 0.471 e. The summed E-state index contributed by atoms with van der Waals surface area (Å²) in [6, 6.07) is 2.55. The molecular weight excluding hydrogens is 331 g/mol. The lowest BCUT2D eigenvalue weighted by Crippen LogP contribution is -2.19. The van der Waals surface area contributed by atoms with Gasteiger partial charge in [-0.05, 0) is 6.07 Å². The highest BCUT2D eigenvalue weighted by molar-refractivity contribution is 5.52. The fraction of sp³-hybridized carbons (Fsp3) is 0.308. The molecule has 3 aromatic rings. The van der Waals surface area contributed by atoms with Crippen molar-refractivity contribution in [1.29, 1.82) is 0 Å². The molecule has 0 atom stereocenters. The molecule has 11 heteroatoms. The van der Waals surface area contributed by atoms with Crippen LogP contribution in [0.3, 0.4) is 0 Å². The van der Waals surface area contributed by atoms with Crippen molar-refractivity contribution >= 4 is 0 Å². The Kier molecular flexibility index (Phi) is 3.91. The second-order valence-electron chi connectivity index (χ2n) is 4.83. The lowest BCUT2D eigenvalue weighted by molar-refractivity contribution is -0.159. The number of rotatable bonds is 4. The van der Waals surface area contributed by atoms with Crippen molar-refractivity contribution in [2.75, 3.05) is 0 Å². The van der Waals surface area contributed by atoms with Gasteiger partial charge in [-0.3, -0.25) is 4.79 Å². The van der Waals surface area contributed by atoms with Crippen molar-refractivity contribution in [1.82, 2.24) is 24.9 Å². The predicted molar refractivity (Wildman–Crippen MR) is 71.7 cm³/mol. The molecule has 3 aromatic heterocycles. The first-order valence-electron chi connectivity index (χ1n) is 6.73. The van der Waals surface area contributed by atoms with Gasteiger partial charge in [-0.2, -0.15) is 18.2 Å². The number of hydrogen-bond donors (Lipinski definition) is 0. The van der Waals surface area contributed by atoms with E-state index in [9.17, 15) is 18.0 Å². The molecule has 0 saturated heterocycles. The number of hydrogen-bond acceptors (Lipinski definition) is 7. The maximum absolute atomic E-state index is 12.4. The van der Waals surface area contributed by atoms with E-state index >= 15 is 0 Å². The number of alkyl halides is 3. The third kappa shape index (κ3) is 3.34. The van der Waals surface area contributed by atoms with Gasteiger partial charge >= 0.3 is 12.1 Å². The fourth-order valence-corrected chi connectivity index (χ4v) is 1.94. The van der Waals surface area contributed by atoms with Gasteiger partial charge < -0.3 is 13.5 Å². The van der Waals surface area contributed by atoms with Gasteiger partial charge in [0.2, 0.25) is 17.6 Å². The summed E-state index contributed by atoms with van der Waals surface area (Å²) in [4.78, 5) is 15.3. The Morgan fingerprint density at radius 3 is 2.67 bits per heavy atom.